The van der Waals surface area contributed by atoms with Crippen molar-refractivity contribution in [2.45, 2.75) is 18.9 Å². The molecular formula is C18H15N3O3. The molecule has 3 aromatic rings. The Morgan fingerprint density at radius 2 is 1.96 bits per heavy atom. The molecule has 1 aliphatic carbocycles. The Bertz CT molecular complexity index is 1010. The largest absolute Gasteiger partial charge is 0.508 e. The molecule has 1 aliphatic rings. The molecule has 0 saturated heterocycles. The summed E-state index contributed by atoms with van der Waals surface area (Å²) in [4.78, 5) is 24.5. The third kappa shape index (κ3) is 2.23. The second-order valence-corrected chi connectivity index (χ2v) is 5.86. The van der Waals surface area contributed by atoms with Gasteiger partial charge in [0.2, 0.25) is 0 Å². The molecule has 1 unspecified atom stereocenters. The highest BCUT2D eigenvalue weighted by atomic mass is 16.3. The van der Waals surface area contributed by atoms with Gasteiger partial charge in [0.05, 0.1) is 11.4 Å². The number of aromatic hydroxyl groups is 1. The number of carbonyl (C=O) groups is 1. The molecule has 1 amide bonds. The molecular weight excluding hydrogens is 306 g/mol. The molecule has 1 aromatic heterocycles. The molecule has 0 radical (unpaired) electrons. The van der Waals surface area contributed by atoms with Crippen molar-refractivity contribution in [3.63, 3.8) is 0 Å². The zero-order chi connectivity index (χ0) is 16.7. The highest BCUT2D eigenvalue weighted by molar-refractivity contribution is 6.04. The van der Waals surface area contributed by atoms with Gasteiger partial charge in [0, 0.05) is 5.39 Å². The van der Waals surface area contributed by atoms with Crippen molar-refractivity contribution in [1.29, 1.82) is 0 Å². The number of H-pyrrole nitrogens is 1. The average Bonchev–Trinajstić information content (AvgIpc) is 3.00. The van der Waals surface area contributed by atoms with Gasteiger partial charge >= 0.3 is 0 Å². The zero-order valence-electron chi connectivity index (χ0n) is 12.7. The molecule has 3 N–H and O–H groups in total. The SMILES string of the molecule is O=C(NC1CCc2c(O)cccc21)c1n[nH]c(=O)c2ccccc12. The van der Waals surface area contributed by atoms with Gasteiger partial charge in [-0.3, -0.25) is 9.59 Å². The number of phenols is 1. The first-order chi connectivity index (χ1) is 11.6. The number of rotatable bonds is 2. The van der Waals surface area contributed by atoms with Crippen LogP contribution in [0, 0.1) is 0 Å². The number of benzene rings is 2. The van der Waals surface area contributed by atoms with Crippen molar-refractivity contribution in [3.05, 3.63) is 69.6 Å². The van der Waals surface area contributed by atoms with E-state index in [1.54, 1.807) is 36.4 Å². The van der Waals surface area contributed by atoms with Gasteiger partial charge in [0.1, 0.15) is 5.75 Å². The Morgan fingerprint density at radius 3 is 2.79 bits per heavy atom. The maximum absolute atomic E-state index is 12.7. The van der Waals surface area contributed by atoms with Crippen molar-refractivity contribution in [2.24, 2.45) is 0 Å². The van der Waals surface area contributed by atoms with E-state index in [2.05, 4.69) is 15.5 Å². The molecule has 2 aromatic carbocycles. The van der Waals surface area contributed by atoms with Crippen LogP contribution in [0.5, 0.6) is 5.75 Å². The van der Waals surface area contributed by atoms with Crippen molar-refractivity contribution in [2.75, 3.05) is 0 Å². The number of hydrogen-bond acceptors (Lipinski definition) is 4. The predicted octanol–water partition coefficient (Wildman–Crippen LogP) is 2.05. The lowest BCUT2D eigenvalue weighted by atomic mass is 10.1. The fourth-order valence-corrected chi connectivity index (χ4v) is 3.30. The van der Waals surface area contributed by atoms with E-state index in [0.717, 1.165) is 17.5 Å². The topological polar surface area (TPSA) is 95.1 Å². The summed E-state index contributed by atoms with van der Waals surface area (Å²) in [5, 5.41) is 20.1. The van der Waals surface area contributed by atoms with E-state index >= 15 is 0 Å². The van der Waals surface area contributed by atoms with Crippen LogP contribution in [0.1, 0.15) is 34.1 Å². The summed E-state index contributed by atoms with van der Waals surface area (Å²) >= 11 is 0. The number of nitrogens with zero attached hydrogens (tertiary/aromatic N) is 1. The van der Waals surface area contributed by atoms with Gasteiger partial charge in [-0.2, -0.15) is 5.10 Å². The Hall–Kier alpha value is -3.15. The number of fused-ring (bicyclic) bond motifs is 2. The minimum Gasteiger partial charge on any atom is -0.508 e. The van der Waals surface area contributed by atoms with Gasteiger partial charge in [0.15, 0.2) is 5.69 Å². The number of phenolic OH excluding ortho intramolecular Hbond substituents is 1. The monoisotopic (exact) mass is 321 g/mol. The number of nitrogens with one attached hydrogen (secondary N) is 2. The average molecular weight is 321 g/mol. The molecule has 6 nitrogen and oxygen atoms in total. The second-order valence-electron chi connectivity index (χ2n) is 5.86. The van der Waals surface area contributed by atoms with E-state index in [4.69, 9.17) is 0 Å². The van der Waals surface area contributed by atoms with Crippen molar-refractivity contribution in [1.82, 2.24) is 15.5 Å². The first-order valence-corrected chi connectivity index (χ1v) is 7.74. The summed E-state index contributed by atoms with van der Waals surface area (Å²) in [7, 11) is 0. The third-order valence-corrected chi connectivity index (χ3v) is 4.46. The maximum atomic E-state index is 12.7. The quantitative estimate of drug-likeness (QED) is 0.673. The molecule has 120 valence electrons. The molecule has 6 heteroatoms. The maximum Gasteiger partial charge on any atom is 0.272 e. The molecule has 0 saturated carbocycles. The smallest absolute Gasteiger partial charge is 0.272 e. The summed E-state index contributed by atoms with van der Waals surface area (Å²) in [6, 6.07) is 12.0. The lowest BCUT2D eigenvalue weighted by Crippen LogP contribution is -2.29. The lowest BCUT2D eigenvalue weighted by Gasteiger charge is -2.14. The fourth-order valence-electron chi connectivity index (χ4n) is 3.30. The summed E-state index contributed by atoms with van der Waals surface area (Å²) in [6.45, 7) is 0. The molecule has 0 aliphatic heterocycles. The van der Waals surface area contributed by atoms with Crippen LogP contribution in [-0.4, -0.2) is 21.2 Å². The van der Waals surface area contributed by atoms with E-state index in [1.165, 1.54) is 0 Å². The third-order valence-electron chi connectivity index (χ3n) is 4.46. The van der Waals surface area contributed by atoms with Crippen LogP contribution in [0.3, 0.4) is 0 Å². The van der Waals surface area contributed by atoms with Crippen molar-refractivity contribution < 1.29 is 9.90 Å². The summed E-state index contributed by atoms with van der Waals surface area (Å²) in [5.74, 6) is -0.0829. The van der Waals surface area contributed by atoms with Crippen molar-refractivity contribution >= 4 is 16.7 Å². The Balaban J connectivity index is 1.69. The molecule has 1 atom stereocenters. The zero-order valence-corrected chi connectivity index (χ0v) is 12.7. The first kappa shape index (κ1) is 14.4. The number of aromatic amines is 1. The summed E-state index contributed by atoms with van der Waals surface area (Å²) in [5.41, 5.74) is 1.68. The summed E-state index contributed by atoms with van der Waals surface area (Å²) < 4.78 is 0. The standard InChI is InChI=1S/C18H15N3O3/c22-15-7-3-6-10-11(15)8-9-14(10)19-18(24)16-12-4-1-2-5-13(12)17(23)21-20-16/h1-7,14,22H,8-9H2,(H,19,24)(H,21,23). The van der Waals surface area contributed by atoms with Gasteiger partial charge in [-0.25, -0.2) is 5.10 Å². The minimum atomic E-state index is -0.344. The van der Waals surface area contributed by atoms with Crippen LogP contribution in [0.2, 0.25) is 0 Å². The van der Waals surface area contributed by atoms with Crippen LogP contribution in [0.25, 0.3) is 10.8 Å². The highest BCUT2D eigenvalue weighted by Gasteiger charge is 2.27. The second kappa shape index (κ2) is 5.49. The predicted molar refractivity (Wildman–Crippen MR) is 89.0 cm³/mol. The molecule has 24 heavy (non-hydrogen) atoms. The highest BCUT2D eigenvalue weighted by Crippen LogP contribution is 2.36. The molecule has 1 heterocycles. The van der Waals surface area contributed by atoms with Gasteiger partial charge in [-0.1, -0.05) is 30.3 Å². The van der Waals surface area contributed by atoms with Gasteiger partial charge in [-0.15, -0.1) is 0 Å². The summed E-state index contributed by atoms with van der Waals surface area (Å²) in [6.07, 6.45) is 1.44. The molecule has 0 fully saturated rings. The van der Waals surface area contributed by atoms with Crippen LogP contribution >= 0.6 is 0 Å². The number of hydrogen-bond donors (Lipinski definition) is 3. The molecule has 0 bridgehead atoms. The Labute approximate surface area is 137 Å². The van der Waals surface area contributed by atoms with Crippen molar-refractivity contribution in [3.8, 4) is 5.75 Å². The van der Waals surface area contributed by atoms with E-state index in [-0.39, 0.29) is 29.0 Å². The van der Waals surface area contributed by atoms with Crippen LogP contribution in [0.4, 0.5) is 0 Å². The van der Waals surface area contributed by atoms with Gasteiger partial charge < -0.3 is 10.4 Å². The van der Waals surface area contributed by atoms with Gasteiger partial charge in [-0.05, 0) is 36.1 Å². The lowest BCUT2D eigenvalue weighted by molar-refractivity contribution is 0.0932. The number of carbonyl (C=O) groups excluding carboxylic acids is 1. The number of aromatic nitrogens is 2. The Morgan fingerprint density at radius 1 is 1.17 bits per heavy atom. The molecule has 4 rings (SSSR count). The fraction of sp³-hybridized carbons (Fsp3) is 0.167. The normalized spacial score (nSPS) is 16.1. The molecule has 0 spiro atoms. The van der Waals surface area contributed by atoms with Crippen LogP contribution < -0.4 is 10.9 Å². The van der Waals surface area contributed by atoms with E-state index in [1.807, 2.05) is 6.07 Å². The van der Waals surface area contributed by atoms with Crippen LogP contribution in [-0.2, 0) is 6.42 Å². The first-order valence-electron chi connectivity index (χ1n) is 7.74. The van der Waals surface area contributed by atoms with E-state index < -0.39 is 0 Å². The Kier molecular flexibility index (Phi) is 3.30. The number of amides is 1. The minimum absolute atomic E-state index is 0.174. The van der Waals surface area contributed by atoms with Crippen LogP contribution in [0.15, 0.2) is 47.3 Å². The van der Waals surface area contributed by atoms with E-state index in [9.17, 15) is 14.7 Å². The van der Waals surface area contributed by atoms with E-state index in [0.29, 0.717) is 17.2 Å². The van der Waals surface area contributed by atoms with Gasteiger partial charge in [0.25, 0.3) is 11.5 Å².